The number of amides is 1. The molecule has 1 N–H and O–H groups in total. The molecule has 4 rings (SSSR count). The fourth-order valence-corrected chi connectivity index (χ4v) is 4.20. The third kappa shape index (κ3) is 5.78. The van der Waals surface area contributed by atoms with Gasteiger partial charge in [-0.05, 0) is 72.6 Å². The molecule has 0 bridgehead atoms. The second-order valence-electron chi connectivity index (χ2n) is 7.28. The first-order chi connectivity index (χ1) is 16.0. The number of nitrogens with zero attached hydrogens (tertiary/aromatic N) is 1. The average molecular weight is 479 g/mol. The Morgan fingerprint density at radius 3 is 2.64 bits per heavy atom. The molecule has 0 aromatic heterocycles. The van der Waals surface area contributed by atoms with Crippen molar-refractivity contribution in [2.24, 2.45) is 4.99 Å². The van der Waals surface area contributed by atoms with Gasteiger partial charge in [0, 0.05) is 5.02 Å². The second kappa shape index (κ2) is 10.6. The van der Waals surface area contributed by atoms with Gasteiger partial charge in [0.1, 0.15) is 6.61 Å². The lowest BCUT2D eigenvalue weighted by atomic mass is 10.2. The topological polar surface area (TPSA) is 59.9 Å². The van der Waals surface area contributed by atoms with Crippen LogP contribution in [0.1, 0.15) is 23.6 Å². The predicted molar refractivity (Wildman–Crippen MR) is 135 cm³/mol. The molecule has 168 valence electrons. The van der Waals surface area contributed by atoms with Crippen LogP contribution in [0.2, 0.25) is 5.02 Å². The fourth-order valence-electron chi connectivity index (χ4n) is 3.20. The zero-order valence-electron chi connectivity index (χ0n) is 18.3. The monoisotopic (exact) mass is 478 g/mol. The summed E-state index contributed by atoms with van der Waals surface area (Å²) in [6.45, 7) is 4.78. The molecule has 1 fully saturated rings. The van der Waals surface area contributed by atoms with Crippen molar-refractivity contribution < 1.29 is 14.3 Å². The Kier molecular flexibility index (Phi) is 7.37. The molecule has 0 saturated carbocycles. The van der Waals surface area contributed by atoms with Gasteiger partial charge < -0.3 is 14.8 Å². The van der Waals surface area contributed by atoms with E-state index in [0.29, 0.717) is 39.8 Å². The first kappa shape index (κ1) is 23.0. The number of nitrogens with one attached hydrogen (secondary N) is 1. The first-order valence-corrected chi connectivity index (χ1v) is 11.7. The molecule has 1 saturated heterocycles. The number of benzene rings is 3. The van der Waals surface area contributed by atoms with Crippen molar-refractivity contribution in [2.75, 3.05) is 6.61 Å². The second-order valence-corrected chi connectivity index (χ2v) is 8.72. The van der Waals surface area contributed by atoms with Gasteiger partial charge in [-0.15, -0.1) is 0 Å². The highest BCUT2D eigenvalue weighted by Gasteiger charge is 2.24. The van der Waals surface area contributed by atoms with Crippen LogP contribution in [0.3, 0.4) is 0 Å². The van der Waals surface area contributed by atoms with Crippen LogP contribution in [0.25, 0.3) is 6.08 Å². The number of aliphatic imine (C=N–C) groups is 1. The van der Waals surface area contributed by atoms with Crippen LogP contribution in [0.5, 0.6) is 11.5 Å². The van der Waals surface area contributed by atoms with E-state index >= 15 is 0 Å². The number of amidine groups is 1. The molecular formula is C26H23ClN2O3S. The minimum atomic E-state index is -0.194. The number of ether oxygens (including phenoxy) is 2. The highest BCUT2D eigenvalue weighted by atomic mass is 35.5. The fraction of sp³-hybridized carbons (Fsp3) is 0.154. The summed E-state index contributed by atoms with van der Waals surface area (Å²) in [5, 5.41) is 3.97. The minimum Gasteiger partial charge on any atom is -0.490 e. The molecule has 0 atom stereocenters. The standard InChI is InChI=1S/C26H23ClN2O3S/c1-3-31-23-14-19(12-13-22(23)32-16-18-8-5-4-6-9-18)15-24-25(30)29-26(33-24)28-21-11-7-10-20(27)17(21)2/h4-15H,3,16H2,1-2H3,(H,28,29,30)/b24-15-. The normalized spacial score (nSPS) is 15.7. The molecule has 1 heterocycles. The zero-order valence-corrected chi connectivity index (χ0v) is 19.9. The molecule has 33 heavy (non-hydrogen) atoms. The van der Waals surface area contributed by atoms with Crippen molar-refractivity contribution in [3.05, 3.63) is 93.3 Å². The molecule has 0 spiro atoms. The summed E-state index contributed by atoms with van der Waals surface area (Å²) in [6, 6.07) is 21.1. The highest BCUT2D eigenvalue weighted by molar-refractivity contribution is 8.18. The van der Waals surface area contributed by atoms with Crippen molar-refractivity contribution in [1.29, 1.82) is 0 Å². The first-order valence-electron chi connectivity index (χ1n) is 10.5. The number of halogens is 1. The van der Waals surface area contributed by atoms with E-state index in [0.717, 1.165) is 22.4 Å². The summed E-state index contributed by atoms with van der Waals surface area (Å²) in [5.74, 6) is 1.10. The predicted octanol–water partition coefficient (Wildman–Crippen LogP) is 6.52. The highest BCUT2D eigenvalue weighted by Crippen LogP contribution is 2.34. The van der Waals surface area contributed by atoms with Gasteiger partial charge in [-0.1, -0.05) is 54.1 Å². The molecule has 1 aliphatic rings. The minimum absolute atomic E-state index is 0.194. The number of thioether (sulfide) groups is 1. The van der Waals surface area contributed by atoms with Gasteiger partial charge in [0.2, 0.25) is 0 Å². The zero-order chi connectivity index (χ0) is 23.2. The maximum absolute atomic E-state index is 12.5. The Balaban J connectivity index is 1.53. The summed E-state index contributed by atoms with van der Waals surface area (Å²) in [7, 11) is 0. The number of rotatable bonds is 7. The smallest absolute Gasteiger partial charge is 0.264 e. The van der Waals surface area contributed by atoms with Gasteiger partial charge in [0.25, 0.3) is 5.91 Å². The Hall–Kier alpha value is -3.22. The van der Waals surface area contributed by atoms with Crippen molar-refractivity contribution in [3.8, 4) is 11.5 Å². The van der Waals surface area contributed by atoms with Gasteiger partial charge >= 0.3 is 0 Å². The van der Waals surface area contributed by atoms with Gasteiger partial charge in [-0.3, -0.25) is 4.79 Å². The van der Waals surface area contributed by atoms with E-state index in [9.17, 15) is 4.79 Å². The maximum Gasteiger partial charge on any atom is 0.264 e. The largest absolute Gasteiger partial charge is 0.490 e. The van der Waals surface area contributed by atoms with E-state index in [-0.39, 0.29) is 5.91 Å². The molecule has 7 heteroatoms. The van der Waals surface area contributed by atoms with Gasteiger partial charge in [-0.2, -0.15) is 0 Å². The molecule has 0 aliphatic carbocycles. The summed E-state index contributed by atoms with van der Waals surface area (Å²) in [6.07, 6.45) is 1.82. The van der Waals surface area contributed by atoms with E-state index in [2.05, 4.69) is 10.3 Å². The molecule has 3 aromatic carbocycles. The SMILES string of the molecule is CCOc1cc(/C=C2\SC(=Nc3cccc(Cl)c3C)NC2=O)ccc1OCc1ccccc1. The van der Waals surface area contributed by atoms with Crippen LogP contribution in [0, 0.1) is 6.92 Å². The van der Waals surface area contributed by atoms with Crippen molar-refractivity contribution in [2.45, 2.75) is 20.5 Å². The van der Waals surface area contributed by atoms with E-state index in [1.807, 2.05) is 86.7 Å². The van der Waals surface area contributed by atoms with Crippen LogP contribution in [0.15, 0.2) is 76.6 Å². The van der Waals surface area contributed by atoms with Crippen molar-refractivity contribution in [1.82, 2.24) is 5.32 Å². The van der Waals surface area contributed by atoms with E-state index in [4.69, 9.17) is 21.1 Å². The number of hydrogen-bond donors (Lipinski definition) is 1. The lowest BCUT2D eigenvalue weighted by Crippen LogP contribution is -2.19. The summed E-state index contributed by atoms with van der Waals surface area (Å²) < 4.78 is 11.8. The van der Waals surface area contributed by atoms with E-state index in [1.54, 1.807) is 0 Å². The lowest BCUT2D eigenvalue weighted by Gasteiger charge is -2.13. The summed E-state index contributed by atoms with van der Waals surface area (Å²) in [4.78, 5) is 17.6. The van der Waals surface area contributed by atoms with Gasteiger partial charge in [0.05, 0.1) is 17.2 Å². The summed E-state index contributed by atoms with van der Waals surface area (Å²) in [5.41, 5.74) is 3.51. The van der Waals surface area contributed by atoms with Crippen LogP contribution >= 0.6 is 23.4 Å². The average Bonchev–Trinajstić information content (AvgIpc) is 3.16. The molecule has 1 aliphatic heterocycles. The van der Waals surface area contributed by atoms with E-state index in [1.165, 1.54) is 11.8 Å². The quantitative estimate of drug-likeness (QED) is 0.393. The maximum atomic E-state index is 12.5. The molecule has 0 unspecified atom stereocenters. The molecular weight excluding hydrogens is 456 g/mol. The number of carbonyl (C=O) groups is 1. The Bertz CT molecular complexity index is 1230. The summed E-state index contributed by atoms with van der Waals surface area (Å²) >= 11 is 7.47. The van der Waals surface area contributed by atoms with Gasteiger partial charge in [-0.25, -0.2) is 4.99 Å². The van der Waals surface area contributed by atoms with Gasteiger partial charge in [0.15, 0.2) is 16.7 Å². The van der Waals surface area contributed by atoms with Crippen molar-refractivity contribution >= 4 is 46.2 Å². The van der Waals surface area contributed by atoms with Crippen molar-refractivity contribution in [3.63, 3.8) is 0 Å². The molecule has 5 nitrogen and oxygen atoms in total. The number of carbonyl (C=O) groups excluding carboxylic acids is 1. The van der Waals surface area contributed by atoms with Crippen LogP contribution in [-0.2, 0) is 11.4 Å². The molecule has 3 aromatic rings. The van der Waals surface area contributed by atoms with Crippen LogP contribution in [-0.4, -0.2) is 17.7 Å². The van der Waals surface area contributed by atoms with E-state index < -0.39 is 0 Å². The molecule has 1 amide bonds. The third-order valence-electron chi connectivity index (χ3n) is 4.91. The Morgan fingerprint density at radius 2 is 1.85 bits per heavy atom. The van der Waals surface area contributed by atoms with Crippen LogP contribution in [0.4, 0.5) is 5.69 Å². The lowest BCUT2D eigenvalue weighted by molar-refractivity contribution is -0.115. The Labute approximate surface area is 202 Å². The third-order valence-corrected chi connectivity index (χ3v) is 6.23. The van der Waals surface area contributed by atoms with Crippen LogP contribution < -0.4 is 14.8 Å². The number of hydrogen-bond acceptors (Lipinski definition) is 5. The molecule has 0 radical (unpaired) electrons. The Morgan fingerprint density at radius 1 is 1.03 bits per heavy atom.